The highest BCUT2D eigenvalue weighted by molar-refractivity contribution is 5.05. The molecular formula is C11H14N4O. The Morgan fingerprint density at radius 1 is 1.50 bits per heavy atom. The molecule has 1 aliphatic heterocycles. The topological polar surface area (TPSA) is 47.1 Å². The van der Waals surface area contributed by atoms with Gasteiger partial charge in [-0.05, 0) is 12.5 Å². The lowest BCUT2D eigenvalue weighted by Crippen LogP contribution is -2.21. The molecule has 0 saturated carbocycles. The van der Waals surface area contributed by atoms with Gasteiger partial charge in [-0.3, -0.25) is 4.90 Å². The lowest BCUT2D eigenvalue weighted by atomic mass is 10.3. The number of hydrogen-bond donors (Lipinski definition) is 0. The molecule has 0 aliphatic carbocycles. The maximum Gasteiger partial charge on any atom is 0.0947 e. The average Bonchev–Trinajstić information content (AvgIpc) is 2.99. The highest BCUT2D eigenvalue weighted by Crippen LogP contribution is 2.21. The van der Waals surface area contributed by atoms with Crippen molar-refractivity contribution in [2.45, 2.75) is 19.0 Å². The van der Waals surface area contributed by atoms with Crippen LogP contribution in [0, 0.1) is 0 Å². The summed E-state index contributed by atoms with van der Waals surface area (Å²) < 4.78 is 7.02. The maximum atomic E-state index is 5.07. The summed E-state index contributed by atoms with van der Waals surface area (Å²) in [5, 5.41) is 7.90. The van der Waals surface area contributed by atoms with Crippen molar-refractivity contribution in [3.05, 3.63) is 36.5 Å². The summed E-state index contributed by atoms with van der Waals surface area (Å²) in [7, 11) is 0. The van der Waals surface area contributed by atoms with E-state index in [1.807, 2.05) is 23.2 Å². The third kappa shape index (κ3) is 1.86. The fourth-order valence-electron chi connectivity index (χ4n) is 2.22. The first kappa shape index (κ1) is 9.59. The summed E-state index contributed by atoms with van der Waals surface area (Å²) in [5.74, 6) is 0. The maximum absolute atomic E-state index is 5.07. The molecule has 1 aliphatic rings. The van der Waals surface area contributed by atoms with E-state index in [9.17, 15) is 0 Å². The Morgan fingerprint density at radius 3 is 3.25 bits per heavy atom. The van der Waals surface area contributed by atoms with Crippen molar-refractivity contribution >= 4 is 0 Å². The molecule has 1 unspecified atom stereocenters. The van der Waals surface area contributed by atoms with E-state index >= 15 is 0 Å². The van der Waals surface area contributed by atoms with Crippen LogP contribution in [0.25, 0.3) is 0 Å². The molecule has 1 atom stereocenters. The Bertz CT molecular complexity index is 423. The number of likely N-dealkylation sites (tertiary alicyclic amines) is 1. The fourth-order valence-corrected chi connectivity index (χ4v) is 2.22. The van der Waals surface area contributed by atoms with E-state index in [-0.39, 0.29) is 0 Å². The lowest BCUT2D eigenvalue weighted by Gasteiger charge is -2.14. The number of furan rings is 1. The molecule has 2 aromatic rings. The van der Waals surface area contributed by atoms with Gasteiger partial charge in [0.25, 0.3) is 0 Å². The molecule has 5 heteroatoms. The summed E-state index contributed by atoms with van der Waals surface area (Å²) in [6.45, 7) is 3.10. The van der Waals surface area contributed by atoms with E-state index in [0.717, 1.165) is 26.1 Å². The minimum absolute atomic E-state index is 0.467. The molecule has 16 heavy (non-hydrogen) atoms. The van der Waals surface area contributed by atoms with Crippen LogP contribution in [0.3, 0.4) is 0 Å². The van der Waals surface area contributed by atoms with E-state index in [1.165, 1.54) is 5.56 Å². The van der Waals surface area contributed by atoms with Gasteiger partial charge in [0, 0.05) is 31.4 Å². The van der Waals surface area contributed by atoms with Crippen molar-refractivity contribution in [3.8, 4) is 0 Å². The van der Waals surface area contributed by atoms with Gasteiger partial charge in [0.2, 0.25) is 0 Å². The molecule has 2 aromatic heterocycles. The van der Waals surface area contributed by atoms with Crippen LogP contribution in [0.15, 0.2) is 35.4 Å². The molecule has 0 radical (unpaired) electrons. The van der Waals surface area contributed by atoms with Crippen molar-refractivity contribution < 1.29 is 4.42 Å². The van der Waals surface area contributed by atoms with Crippen LogP contribution in [0.4, 0.5) is 0 Å². The van der Waals surface area contributed by atoms with Crippen molar-refractivity contribution in [2.75, 3.05) is 13.1 Å². The summed E-state index contributed by atoms with van der Waals surface area (Å²) in [6.07, 6.45) is 8.34. The summed E-state index contributed by atoms with van der Waals surface area (Å²) >= 11 is 0. The molecule has 0 spiro atoms. The number of hydrogen-bond acceptors (Lipinski definition) is 4. The first-order chi connectivity index (χ1) is 7.92. The number of rotatable bonds is 3. The van der Waals surface area contributed by atoms with E-state index in [0.29, 0.717) is 6.04 Å². The summed E-state index contributed by atoms with van der Waals surface area (Å²) in [4.78, 5) is 2.41. The second kappa shape index (κ2) is 4.09. The minimum atomic E-state index is 0.467. The largest absolute Gasteiger partial charge is 0.472 e. The van der Waals surface area contributed by atoms with Crippen LogP contribution < -0.4 is 0 Å². The van der Waals surface area contributed by atoms with E-state index in [2.05, 4.69) is 15.2 Å². The van der Waals surface area contributed by atoms with Crippen LogP contribution in [-0.2, 0) is 6.54 Å². The van der Waals surface area contributed by atoms with Crippen LogP contribution >= 0.6 is 0 Å². The van der Waals surface area contributed by atoms with Gasteiger partial charge in [0.15, 0.2) is 0 Å². The van der Waals surface area contributed by atoms with Crippen molar-refractivity contribution in [3.63, 3.8) is 0 Å². The highest BCUT2D eigenvalue weighted by Gasteiger charge is 2.24. The van der Waals surface area contributed by atoms with Gasteiger partial charge in [0.1, 0.15) is 0 Å². The number of aromatic nitrogens is 3. The second-order valence-corrected chi connectivity index (χ2v) is 4.19. The Kier molecular flexibility index (Phi) is 2.46. The predicted molar refractivity (Wildman–Crippen MR) is 57.7 cm³/mol. The third-order valence-corrected chi connectivity index (χ3v) is 3.05. The molecule has 3 rings (SSSR count). The van der Waals surface area contributed by atoms with Gasteiger partial charge in [-0.1, -0.05) is 5.21 Å². The molecular weight excluding hydrogens is 204 g/mol. The van der Waals surface area contributed by atoms with Crippen LogP contribution in [0.2, 0.25) is 0 Å². The average molecular weight is 218 g/mol. The Labute approximate surface area is 93.7 Å². The van der Waals surface area contributed by atoms with Crippen molar-refractivity contribution in [1.82, 2.24) is 19.9 Å². The predicted octanol–water partition coefficient (Wildman–Crippen LogP) is 1.32. The minimum Gasteiger partial charge on any atom is -0.472 e. The zero-order valence-corrected chi connectivity index (χ0v) is 8.99. The monoisotopic (exact) mass is 218 g/mol. The van der Waals surface area contributed by atoms with Gasteiger partial charge < -0.3 is 4.42 Å². The molecule has 0 bridgehead atoms. The van der Waals surface area contributed by atoms with E-state index in [1.54, 1.807) is 12.5 Å². The zero-order valence-electron chi connectivity index (χ0n) is 8.99. The molecule has 0 N–H and O–H groups in total. The first-order valence-corrected chi connectivity index (χ1v) is 5.51. The Balaban J connectivity index is 1.61. The fraction of sp³-hybridized carbons (Fsp3) is 0.455. The summed E-state index contributed by atoms with van der Waals surface area (Å²) in [6, 6.07) is 2.48. The molecule has 1 saturated heterocycles. The Morgan fingerprint density at radius 2 is 2.50 bits per heavy atom. The third-order valence-electron chi connectivity index (χ3n) is 3.05. The SMILES string of the molecule is c1cn(C2CCN(Cc3ccoc3)C2)nn1. The molecule has 0 aromatic carbocycles. The second-order valence-electron chi connectivity index (χ2n) is 4.19. The van der Waals surface area contributed by atoms with Crippen molar-refractivity contribution in [1.29, 1.82) is 0 Å². The van der Waals surface area contributed by atoms with Gasteiger partial charge >= 0.3 is 0 Å². The van der Waals surface area contributed by atoms with E-state index in [4.69, 9.17) is 4.42 Å². The number of nitrogens with zero attached hydrogens (tertiary/aromatic N) is 4. The van der Waals surface area contributed by atoms with Gasteiger partial charge in [-0.25, -0.2) is 4.68 Å². The molecule has 1 fully saturated rings. The van der Waals surface area contributed by atoms with Gasteiger partial charge in [0.05, 0.1) is 24.8 Å². The zero-order chi connectivity index (χ0) is 10.8. The lowest BCUT2D eigenvalue weighted by molar-refractivity contribution is 0.309. The van der Waals surface area contributed by atoms with Crippen molar-refractivity contribution in [2.24, 2.45) is 0 Å². The molecule has 5 nitrogen and oxygen atoms in total. The van der Waals surface area contributed by atoms with Gasteiger partial charge in [-0.2, -0.15) is 0 Å². The van der Waals surface area contributed by atoms with Crippen LogP contribution in [0.5, 0.6) is 0 Å². The molecule has 3 heterocycles. The van der Waals surface area contributed by atoms with Gasteiger partial charge in [-0.15, -0.1) is 5.10 Å². The quantitative estimate of drug-likeness (QED) is 0.779. The normalized spacial score (nSPS) is 21.6. The Hall–Kier alpha value is -1.62. The highest BCUT2D eigenvalue weighted by atomic mass is 16.3. The van der Waals surface area contributed by atoms with E-state index < -0.39 is 0 Å². The first-order valence-electron chi connectivity index (χ1n) is 5.51. The molecule has 0 amide bonds. The van der Waals surface area contributed by atoms with Crippen LogP contribution in [0.1, 0.15) is 18.0 Å². The smallest absolute Gasteiger partial charge is 0.0947 e. The standard InChI is InChI=1S/C11H14N4O/c1-4-14(7-10-2-6-16-9-10)8-11(1)15-5-3-12-13-15/h2-3,5-6,9,11H,1,4,7-8H2. The van der Waals surface area contributed by atoms with Crippen LogP contribution in [-0.4, -0.2) is 33.0 Å². The summed E-state index contributed by atoms with van der Waals surface area (Å²) in [5.41, 5.74) is 1.24. The molecule has 84 valence electrons.